The fourth-order valence-corrected chi connectivity index (χ4v) is 1.68. The molecule has 1 amide bonds. The second-order valence-electron chi connectivity index (χ2n) is 3.59. The van der Waals surface area contributed by atoms with Crippen molar-refractivity contribution in [2.45, 2.75) is 19.1 Å². The van der Waals surface area contributed by atoms with E-state index in [-0.39, 0.29) is 12.6 Å². The quantitative estimate of drug-likeness (QED) is 0.797. The number of carbonyl (C=O) groups excluding carboxylic acids is 1. The number of aliphatic hydroxyl groups is 1. The van der Waals surface area contributed by atoms with Gasteiger partial charge in [-0.1, -0.05) is 18.2 Å². The molecule has 4 heteroatoms. The molecular formula is C11H13NO3. The van der Waals surface area contributed by atoms with Crippen LogP contribution < -0.4 is 4.90 Å². The van der Waals surface area contributed by atoms with E-state index in [1.165, 1.54) is 4.90 Å². The Balaban J connectivity index is 2.29. The van der Waals surface area contributed by atoms with Gasteiger partial charge in [-0.2, -0.15) is 0 Å². The van der Waals surface area contributed by atoms with E-state index in [0.29, 0.717) is 0 Å². The standard InChI is InChI=1S/C11H13NO3/c1-8(13)10-7-15-11(14)12(10)9-5-3-2-4-6-9/h2-6,8,10,13H,7H2,1H3/t8-,10+/m1/s1. The first-order valence-corrected chi connectivity index (χ1v) is 4.89. The van der Waals surface area contributed by atoms with Crippen molar-refractivity contribution in [2.24, 2.45) is 0 Å². The van der Waals surface area contributed by atoms with Gasteiger partial charge >= 0.3 is 6.09 Å². The first-order chi connectivity index (χ1) is 7.20. The molecule has 0 radical (unpaired) electrons. The molecule has 1 fully saturated rings. The number of rotatable bonds is 2. The Labute approximate surface area is 88.1 Å². The van der Waals surface area contributed by atoms with Crippen molar-refractivity contribution in [1.29, 1.82) is 0 Å². The maximum absolute atomic E-state index is 11.5. The van der Waals surface area contributed by atoms with E-state index in [1.807, 2.05) is 30.3 Å². The molecule has 0 aromatic heterocycles. The van der Waals surface area contributed by atoms with Gasteiger partial charge in [-0.15, -0.1) is 0 Å². The highest BCUT2D eigenvalue weighted by molar-refractivity contribution is 5.90. The summed E-state index contributed by atoms with van der Waals surface area (Å²) in [6.45, 7) is 1.90. The Morgan fingerprint density at radius 1 is 1.47 bits per heavy atom. The predicted molar refractivity (Wildman–Crippen MR) is 55.7 cm³/mol. The van der Waals surface area contributed by atoms with Crippen molar-refractivity contribution in [3.05, 3.63) is 30.3 Å². The number of carbonyl (C=O) groups is 1. The fraction of sp³-hybridized carbons (Fsp3) is 0.364. The van der Waals surface area contributed by atoms with Crippen LogP contribution in [0.4, 0.5) is 10.5 Å². The zero-order valence-corrected chi connectivity index (χ0v) is 8.46. The number of benzene rings is 1. The van der Waals surface area contributed by atoms with Gasteiger partial charge in [0.15, 0.2) is 0 Å². The lowest BCUT2D eigenvalue weighted by atomic mass is 10.1. The SMILES string of the molecule is C[C@@H](O)[C@@H]1COC(=O)N1c1ccccc1. The third kappa shape index (κ3) is 1.80. The molecular weight excluding hydrogens is 194 g/mol. The molecule has 4 nitrogen and oxygen atoms in total. The van der Waals surface area contributed by atoms with Gasteiger partial charge in [-0.05, 0) is 19.1 Å². The van der Waals surface area contributed by atoms with E-state index >= 15 is 0 Å². The average Bonchev–Trinajstić information content (AvgIpc) is 2.61. The number of nitrogens with zero attached hydrogens (tertiary/aromatic N) is 1. The third-order valence-electron chi connectivity index (χ3n) is 2.50. The van der Waals surface area contributed by atoms with Crippen LogP contribution in [0.25, 0.3) is 0 Å². The summed E-state index contributed by atoms with van der Waals surface area (Å²) in [7, 11) is 0. The number of cyclic esters (lactones) is 1. The summed E-state index contributed by atoms with van der Waals surface area (Å²) < 4.78 is 4.92. The van der Waals surface area contributed by atoms with Crippen molar-refractivity contribution < 1.29 is 14.6 Å². The summed E-state index contributed by atoms with van der Waals surface area (Å²) >= 11 is 0. The van der Waals surface area contributed by atoms with Crippen molar-refractivity contribution in [3.63, 3.8) is 0 Å². The number of aliphatic hydroxyl groups excluding tert-OH is 1. The Hall–Kier alpha value is -1.55. The van der Waals surface area contributed by atoms with Gasteiger partial charge in [0.05, 0.1) is 6.10 Å². The normalized spacial score (nSPS) is 22.7. The third-order valence-corrected chi connectivity index (χ3v) is 2.50. The maximum Gasteiger partial charge on any atom is 0.414 e. The molecule has 0 saturated carbocycles. The second kappa shape index (κ2) is 3.90. The topological polar surface area (TPSA) is 49.8 Å². The minimum atomic E-state index is -0.600. The average molecular weight is 207 g/mol. The van der Waals surface area contributed by atoms with Crippen LogP contribution in [0.3, 0.4) is 0 Å². The minimum absolute atomic E-state index is 0.241. The molecule has 1 heterocycles. The van der Waals surface area contributed by atoms with E-state index in [1.54, 1.807) is 6.92 Å². The summed E-state index contributed by atoms with van der Waals surface area (Å²) in [6.07, 6.45) is -0.997. The van der Waals surface area contributed by atoms with Crippen LogP contribution in [-0.4, -0.2) is 30.0 Å². The Morgan fingerprint density at radius 3 is 2.73 bits per heavy atom. The van der Waals surface area contributed by atoms with Crippen LogP contribution in [0.15, 0.2) is 30.3 Å². The molecule has 0 spiro atoms. The van der Waals surface area contributed by atoms with Gasteiger partial charge in [0, 0.05) is 5.69 Å². The lowest BCUT2D eigenvalue weighted by Crippen LogP contribution is -2.40. The van der Waals surface area contributed by atoms with Crippen molar-refractivity contribution in [3.8, 4) is 0 Å². The van der Waals surface area contributed by atoms with Crippen LogP contribution in [0.1, 0.15) is 6.92 Å². The van der Waals surface area contributed by atoms with Crippen LogP contribution in [-0.2, 0) is 4.74 Å². The first kappa shape index (κ1) is 9.98. The van der Waals surface area contributed by atoms with Crippen molar-refractivity contribution >= 4 is 11.8 Å². The number of anilines is 1. The molecule has 15 heavy (non-hydrogen) atoms. The van der Waals surface area contributed by atoms with Crippen LogP contribution >= 0.6 is 0 Å². The highest BCUT2D eigenvalue weighted by atomic mass is 16.6. The molecule has 0 bridgehead atoms. The first-order valence-electron chi connectivity index (χ1n) is 4.89. The highest BCUT2D eigenvalue weighted by Gasteiger charge is 2.36. The van der Waals surface area contributed by atoms with E-state index in [0.717, 1.165) is 5.69 Å². The van der Waals surface area contributed by atoms with Crippen LogP contribution in [0, 0.1) is 0 Å². The van der Waals surface area contributed by atoms with Gasteiger partial charge in [0.1, 0.15) is 12.6 Å². The molecule has 0 aliphatic carbocycles. The summed E-state index contributed by atoms with van der Waals surface area (Å²) in [4.78, 5) is 13.0. The van der Waals surface area contributed by atoms with Gasteiger partial charge in [0.2, 0.25) is 0 Å². The number of hydrogen-bond acceptors (Lipinski definition) is 3. The van der Waals surface area contributed by atoms with Crippen LogP contribution in [0.5, 0.6) is 0 Å². The summed E-state index contributed by atoms with van der Waals surface area (Å²) in [6, 6.07) is 8.92. The summed E-state index contributed by atoms with van der Waals surface area (Å²) in [5.41, 5.74) is 0.755. The van der Waals surface area contributed by atoms with Crippen LogP contribution in [0.2, 0.25) is 0 Å². The van der Waals surface area contributed by atoms with E-state index in [9.17, 15) is 9.90 Å². The Kier molecular flexibility index (Phi) is 2.60. The molecule has 0 unspecified atom stereocenters. The van der Waals surface area contributed by atoms with Crippen molar-refractivity contribution in [2.75, 3.05) is 11.5 Å². The smallest absolute Gasteiger partial charge is 0.414 e. The largest absolute Gasteiger partial charge is 0.447 e. The van der Waals surface area contributed by atoms with Gasteiger partial charge in [0.25, 0.3) is 0 Å². The molecule has 2 atom stereocenters. The van der Waals surface area contributed by atoms with Gasteiger partial charge in [-0.3, -0.25) is 4.90 Å². The number of para-hydroxylation sites is 1. The zero-order valence-electron chi connectivity index (χ0n) is 8.46. The molecule has 1 aromatic carbocycles. The summed E-state index contributed by atoms with van der Waals surface area (Å²) in [5, 5.41) is 9.53. The second-order valence-corrected chi connectivity index (χ2v) is 3.59. The summed E-state index contributed by atoms with van der Waals surface area (Å²) in [5.74, 6) is 0. The Morgan fingerprint density at radius 2 is 2.13 bits per heavy atom. The highest BCUT2D eigenvalue weighted by Crippen LogP contribution is 2.24. The fourth-order valence-electron chi connectivity index (χ4n) is 1.68. The van der Waals surface area contributed by atoms with E-state index in [4.69, 9.17) is 4.74 Å². The van der Waals surface area contributed by atoms with Crippen molar-refractivity contribution in [1.82, 2.24) is 0 Å². The molecule has 1 aromatic rings. The number of amides is 1. The maximum atomic E-state index is 11.5. The molecule has 80 valence electrons. The number of ether oxygens (including phenoxy) is 1. The zero-order chi connectivity index (χ0) is 10.8. The molecule has 1 aliphatic heterocycles. The van der Waals surface area contributed by atoms with Gasteiger partial charge < -0.3 is 9.84 Å². The predicted octanol–water partition coefficient (Wildman–Crippen LogP) is 1.39. The monoisotopic (exact) mass is 207 g/mol. The minimum Gasteiger partial charge on any atom is -0.447 e. The van der Waals surface area contributed by atoms with E-state index in [2.05, 4.69) is 0 Å². The molecule has 1 aliphatic rings. The Bertz CT molecular complexity index is 350. The number of hydrogen-bond donors (Lipinski definition) is 1. The van der Waals surface area contributed by atoms with Gasteiger partial charge in [-0.25, -0.2) is 4.79 Å². The lowest BCUT2D eigenvalue weighted by Gasteiger charge is -2.23. The lowest BCUT2D eigenvalue weighted by molar-refractivity contribution is 0.142. The van der Waals surface area contributed by atoms with E-state index < -0.39 is 12.2 Å². The molecule has 2 rings (SSSR count). The molecule has 1 saturated heterocycles. The molecule has 1 N–H and O–H groups in total.